The summed E-state index contributed by atoms with van der Waals surface area (Å²) in [7, 11) is 1.66. The fourth-order valence-electron chi connectivity index (χ4n) is 2.85. The zero-order valence-corrected chi connectivity index (χ0v) is 9.92. The molecule has 0 bridgehead atoms. The Balaban J connectivity index is 1.99. The molecule has 2 aliphatic carbocycles. The Bertz CT molecular complexity index is 434. The molecule has 2 N–H and O–H groups in total. The smallest absolute Gasteiger partial charge is 0.215 e. The zero-order chi connectivity index (χ0) is 11.4. The maximum Gasteiger partial charge on any atom is 0.215 e. The highest BCUT2D eigenvalue weighted by atomic mass is 16.5. The van der Waals surface area contributed by atoms with Gasteiger partial charge in [0.05, 0.1) is 7.11 Å². The first-order chi connectivity index (χ1) is 7.61. The van der Waals surface area contributed by atoms with E-state index in [9.17, 15) is 0 Å². The van der Waals surface area contributed by atoms with E-state index in [4.69, 9.17) is 10.5 Å². The summed E-state index contributed by atoms with van der Waals surface area (Å²) in [6.45, 7) is 2.04. The van der Waals surface area contributed by atoms with Crippen molar-refractivity contribution in [3.63, 3.8) is 0 Å². The van der Waals surface area contributed by atoms with Crippen LogP contribution in [0.3, 0.4) is 0 Å². The lowest BCUT2D eigenvalue weighted by molar-refractivity contribution is 0.393. The van der Waals surface area contributed by atoms with Crippen LogP contribution < -0.4 is 10.5 Å². The first-order valence-electron chi connectivity index (χ1n) is 5.91. The predicted molar refractivity (Wildman–Crippen MR) is 62.6 cm³/mol. The van der Waals surface area contributed by atoms with Crippen molar-refractivity contribution in [1.29, 1.82) is 0 Å². The van der Waals surface area contributed by atoms with Crippen LogP contribution in [0.15, 0.2) is 12.3 Å². The molecule has 1 aromatic heterocycles. The minimum Gasteiger partial charge on any atom is -0.481 e. The Kier molecular flexibility index (Phi) is 1.88. The van der Waals surface area contributed by atoms with Crippen LogP contribution in [0, 0.1) is 6.92 Å². The van der Waals surface area contributed by atoms with Gasteiger partial charge < -0.3 is 10.5 Å². The van der Waals surface area contributed by atoms with Crippen molar-refractivity contribution in [1.82, 2.24) is 4.98 Å². The third kappa shape index (κ3) is 1.21. The Morgan fingerprint density at radius 3 is 2.44 bits per heavy atom. The molecular formula is C13H18N2O. The van der Waals surface area contributed by atoms with Gasteiger partial charge in [-0.15, -0.1) is 0 Å². The molecule has 0 spiro atoms. The molecule has 2 fully saturated rings. The number of methoxy groups -OCH3 is 1. The number of pyridine rings is 1. The van der Waals surface area contributed by atoms with E-state index in [0.29, 0.717) is 0 Å². The van der Waals surface area contributed by atoms with Crippen molar-refractivity contribution >= 4 is 0 Å². The summed E-state index contributed by atoms with van der Waals surface area (Å²) in [6.07, 6.45) is 6.72. The summed E-state index contributed by atoms with van der Waals surface area (Å²) in [5.74, 6) is 0.724. The SMILES string of the molecule is COc1ncc(C2(C3(N)CC3)CC2)cc1C. The Labute approximate surface area is 96.0 Å². The summed E-state index contributed by atoms with van der Waals surface area (Å²) < 4.78 is 5.19. The van der Waals surface area contributed by atoms with Crippen LogP contribution in [-0.2, 0) is 5.41 Å². The summed E-state index contributed by atoms with van der Waals surface area (Å²) in [5.41, 5.74) is 9.10. The largest absolute Gasteiger partial charge is 0.481 e. The zero-order valence-electron chi connectivity index (χ0n) is 9.92. The van der Waals surface area contributed by atoms with E-state index in [2.05, 4.69) is 11.1 Å². The summed E-state index contributed by atoms with van der Waals surface area (Å²) in [4.78, 5) is 4.37. The quantitative estimate of drug-likeness (QED) is 0.843. The van der Waals surface area contributed by atoms with E-state index in [-0.39, 0.29) is 11.0 Å². The lowest BCUT2D eigenvalue weighted by atomic mass is 9.87. The normalized spacial score (nSPS) is 23.9. The Morgan fingerprint density at radius 2 is 2.00 bits per heavy atom. The van der Waals surface area contributed by atoms with E-state index in [1.165, 1.54) is 18.4 Å². The number of hydrogen-bond donors (Lipinski definition) is 1. The topological polar surface area (TPSA) is 48.1 Å². The number of hydrogen-bond acceptors (Lipinski definition) is 3. The molecule has 3 rings (SSSR count). The van der Waals surface area contributed by atoms with Gasteiger partial charge in [-0.1, -0.05) is 0 Å². The molecule has 2 aliphatic rings. The van der Waals surface area contributed by atoms with E-state index in [0.717, 1.165) is 24.3 Å². The molecule has 3 heteroatoms. The van der Waals surface area contributed by atoms with E-state index in [1.54, 1.807) is 7.11 Å². The first-order valence-corrected chi connectivity index (χ1v) is 5.91. The first kappa shape index (κ1) is 10.1. The molecule has 1 heterocycles. The van der Waals surface area contributed by atoms with Crippen LogP contribution in [0.2, 0.25) is 0 Å². The molecule has 0 aromatic carbocycles. The van der Waals surface area contributed by atoms with E-state index < -0.39 is 0 Å². The third-order valence-corrected chi connectivity index (χ3v) is 4.27. The van der Waals surface area contributed by atoms with Crippen LogP contribution in [0.5, 0.6) is 5.88 Å². The molecule has 0 atom stereocenters. The number of ether oxygens (including phenoxy) is 1. The van der Waals surface area contributed by atoms with Gasteiger partial charge in [0.2, 0.25) is 5.88 Å². The molecule has 16 heavy (non-hydrogen) atoms. The number of rotatable bonds is 3. The highest BCUT2D eigenvalue weighted by Crippen LogP contribution is 2.63. The average molecular weight is 218 g/mol. The molecule has 86 valence electrons. The average Bonchev–Trinajstić information content (AvgIpc) is 3.13. The van der Waals surface area contributed by atoms with Crippen molar-refractivity contribution in [3.05, 3.63) is 23.4 Å². The third-order valence-electron chi connectivity index (χ3n) is 4.27. The van der Waals surface area contributed by atoms with Gasteiger partial charge >= 0.3 is 0 Å². The van der Waals surface area contributed by atoms with Crippen LogP contribution >= 0.6 is 0 Å². The summed E-state index contributed by atoms with van der Waals surface area (Å²) in [6, 6.07) is 2.20. The van der Waals surface area contributed by atoms with Gasteiger partial charge in [-0.2, -0.15) is 0 Å². The number of aromatic nitrogens is 1. The molecule has 1 aromatic rings. The highest BCUT2D eigenvalue weighted by molar-refractivity contribution is 5.42. The van der Waals surface area contributed by atoms with Gasteiger partial charge in [0.25, 0.3) is 0 Å². The second-order valence-electron chi connectivity index (χ2n) is 5.29. The highest BCUT2D eigenvalue weighted by Gasteiger charge is 2.64. The second kappa shape index (κ2) is 2.98. The summed E-state index contributed by atoms with van der Waals surface area (Å²) >= 11 is 0. The van der Waals surface area contributed by atoms with Gasteiger partial charge in [0, 0.05) is 22.7 Å². The molecule has 2 saturated carbocycles. The van der Waals surface area contributed by atoms with Crippen molar-refractivity contribution in [2.45, 2.75) is 43.6 Å². The minimum atomic E-state index is 0.0652. The molecule has 0 amide bonds. The van der Waals surface area contributed by atoms with Gasteiger partial charge in [-0.25, -0.2) is 4.98 Å². The molecule has 0 aliphatic heterocycles. The van der Waals surface area contributed by atoms with Crippen molar-refractivity contribution in [2.24, 2.45) is 5.73 Å². The van der Waals surface area contributed by atoms with Gasteiger partial charge in [0.1, 0.15) is 0 Å². The predicted octanol–water partition coefficient (Wildman–Crippen LogP) is 1.92. The van der Waals surface area contributed by atoms with Gasteiger partial charge in [-0.05, 0) is 44.2 Å². The molecule has 0 unspecified atom stereocenters. The number of nitrogens with two attached hydrogens (primary N) is 1. The summed E-state index contributed by atoms with van der Waals surface area (Å²) in [5, 5.41) is 0. The van der Waals surface area contributed by atoms with E-state index in [1.807, 2.05) is 13.1 Å². The molecule has 0 radical (unpaired) electrons. The minimum absolute atomic E-state index is 0.0652. The van der Waals surface area contributed by atoms with Crippen LogP contribution in [0.25, 0.3) is 0 Å². The fraction of sp³-hybridized carbons (Fsp3) is 0.615. The Hall–Kier alpha value is -1.09. The van der Waals surface area contributed by atoms with Crippen LogP contribution in [0.4, 0.5) is 0 Å². The monoisotopic (exact) mass is 218 g/mol. The fourth-order valence-corrected chi connectivity index (χ4v) is 2.85. The molecule has 0 saturated heterocycles. The van der Waals surface area contributed by atoms with E-state index >= 15 is 0 Å². The van der Waals surface area contributed by atoms with Gasteiger partial charge in [-0.3, -0.25) is 0 Å². The van der Waals surface area contributed by atoms with Gasteiger partial charge in [0.15, 0.2) is 0 Å². The maximum atomic E-state index is 6.38. The lowest BCUT2D eigenvalue weighted by Gasteiger charge is -2.23. The lowest BCUT2D eigenvalue weighted by Crippen LogP contribution is -2.37. The van der Waals surface area contributed by atoms with Crippen LogP contribution in [0.1, 0.15) is 36.8 Å². The van der Waals surface area contributed by atoms with Crippen LogP contribution in [-0.4, -0.2) is 17.6 Å². The standard InChI is InChI=1S/C13H18N2O/c1-9-7-10(8-15-11(9)16-2)12(3-4-12)13(14)5-6-13/h7-8H,3-6,14H2,1-2H3. The Morgan fingerprint density at radius 1 is 1.31 bits per heavy atom. The number of aryl methyl sites for hydroxylation is 1. The second-order valence-corrected chi connectivity index (χ2v) is 5.29. The number of nitrogens with zero attached hydrogens (tertiary/aromatic N) is 1. The van der Waals surface area contributed by atoms with Crippen molar-refractivity contribution in [2.75, 3.05) is 7.11 Å². The van der Waals surface area contributed by atoms with Crippen molar-refractivity contribution in [3.8, 4) is 5.88 Å². The van der Waals surface area contributed by atoms with Crippen molar-refractivity contribution < 1.29 is 4.74 Å². The maximum absolute atomic E-state index is 6.38. The molecular weight excluding hydrogens is 200 g/mol. The molecule has 3 nitrogen and oxygen atoms in total.